The number of piperidine rings is 1. The second kappa shape index (κ2) is 6.09. The summed E-state index contributed by atoms with van der Waals surface area (Å²) in [5.41, 5.74) is 0.938. The summed E-state index contributed by atoms with van der Waals surface area (Å²) in [4.78, 5) is 25.3. The van der Waals surface area contributed by atoms with Gasteiger partial charge in [-0.3, -0.25) is 9.59 Å². The Bertz CT molecular complexity index is 611. The first kappa shape index (κ1) is 15.6. The number of likely N-dealkylation sites (tertiary alicyclic amines) is 1. The Hall–Kier alpha value is -1.26. The van der Waals surface area contributed by atoms with Crippen LogP contribution >= 0.6 is 23.2 Å². The summed E-state index contributed by atoms with van der Waals surface area (Å²) < 4.78 is 0. The number of aliphatic carboxylic acids is 1. The predicted molar refractivity (Wildman–Crippen MR) is 84.2 cm³/mol. The number of halogens is 2. The first-order valence-corrected chi connectivity index (χ1v) is 8.20. The zero-order valence-corrected chi connectivity index (χ0v) is 13.5. The summed E-state index contributed by atoms with van der Waals surface area (Å²) in [5.74, 6) is -0.873. The van der Waals surface area contributed by atoms with Gasteiger partial charge in [-0.2, -0.15) is 0 Å². The first-order valence-electron chi connectivity index (χ1n) is 7.44. The Labute approximate surface area is 139 Å². The van der Waals surface area contributed by atoms with E-state index in [4.69, 9.17) is 28.3 Å². The fourth-order valence-corrected chi connectivity index (χ4v) is 3.65. The Kier molecular flexibility index (Phi) is 4.33. The quantitative estimate of drug-likeness (QED) is 0.916. The zero-order chi connectivity index (χ0) is 15.9. The van der Waals surface area contributed by atoms with Gasteiger partial charge in [-0.05, 0) is 36.8 Å². The van der Waals surface area contributed by atoms with Gasteiger partial charge in [-0.25, -0.2) is 0 Å². The van der Waals surface area contributed by atoms with E-state index in [-0.39, 0.29) is 23.7 Å². The van der Waals surface area contributed by atoms with Crippen molar-refractivity contribution in [3.05, 3.63) is 33.8 Å². The number of amides is 1. The summed E-state index contributed by atoms with van der Waals surface area (Å²) in [6.45, 7) is 1.06. The number of carbonyl (C=O) groups excluding carboxylic acids is 1. The van der Waals surface area contributed by atoms with Crippen LogP contribution in [0, 0.1) is 11.8 Å². The van der Waals surface area contributed by atoms with Crippen LogP contribution in [0.25, 0.3) is 0 Å². The third-order valence-corrected chi connectivity index (χ3v) is 5.48. The fraction of sp³-hybridized carbons (Fsp3) is 0.500. The average Bonchev–Trinajstić information content (AvgIpc) is 3.30. The lowest BCUT2D eigenvalue weighted by Gasteiger charge is -2.30. The van der Waals surface area contributed by atoms with Gasteiger partial charge >= 0.3 is 5.97 Å². The van der Waals surface area contributed by atoms with Gasteiger partial charge in [0.15, 0.2) is 0 Å². The van der Waals surface area contributed by atoms with Crippen molar-refractivity contribution in [1.82, 2.24) is 4.90 Å². The molecule has 1 saturated heterocycles. The number of nitrogens with zero attached hydrogens (tertiary/aromatic N) is 1. The van der Waals surface area contributed by atoms with Crippen molar-refractivity contribution in [3.8, 4) is 0 Å². The summed E-state index contributed by atoms with van der Waals surface area (Å²) in [5, 5.41) is 10.1. The van der Waals surface area contributed by atoms with Gasteiger partial charge in [0.05, 0.1) is 16.0 Å². The molecule has 1 aromatic rings. The predicted octanol–water partition coefficient (Wildman–Crippen LogP) is 3.42. The highest BCUT2D eigenvalue weighted by atomic mass is 35.5. The molecule has 1 aliphatic heterocycles. The van der Waals surface area contributed by atoms with Crippen molar-refractivity contribution in [2.24, 2.45) is 11.8 Å². The van der Waals surface area contributed by atoms with E-state index in [2.05, 4.69) is 0 Å². The molecule has 1 heterocycles. The van der Waals surface area contributed by atoms with E-state index < -0.39 is 5.97 Å². The lowest BCUT2D eigenvalue weighted by molar-refractivity contribution is -0.146. The number of benzene rings is 1. The topological polar surface area (TPSA) is 57.6 Å². The van der Waals surface area contributed by atoms with E-state index in [9.17, 15) is 9.59 Å². The second-order valence-electron chi connectivity index (χ2n) is 6.03. The molecule has 1 saturated carbocycles. The maximum absolute atomic E-state index is 12.5. The SMILES string of the molecule is O=C(O)C1CCN(C(=O)C2CC2c2cccc(Cl)c2Cl)CC1. The Balaban J connectivity index is 1.62. The van der Waals surface area contributed by atoms with Crippen LogP contribution in [-0.2, 0) is 9.59 Å². The van der Waals surface area contributed by atoms with E-state index in [1.54, 1.807) is 11.0 Å². The highest BCUT2D eigenvalue weighted by Crippen LogP contribution is 2.51. The molecular formula is C16H17Cl2NO3. The number of hydrogen-bond donors (Lipinski definition) is 1. The molecular weight excluding hydrogens is 325 g/mol. The Morgan fingerprint density at radius 2 is 1.86 bits per heavy atom. The van der Waals surface area contributed by atoms with Crippen molar-refractivity contribution < 1.29 is 14.7 Å². The van der Waals surface area contributed by atoms with E-state index >= 15 is 0 Å². The highest BCUT2D eigenvalue weighted by molar-refractivity contribution is 6.42. The number of carboxylic acids is 1. The number of carboxylic acid groups (broad SMARTS) is 1. The smallest absolute Gasteiger partial charge is 0.306 e. The van der Waals surface area contributed by atoms with E-state index in [0.29, 0.717) is 36.0 Å². The Morgan fingerprint density at radius 1 is 1.18 bits per heavy atom. The molecule has 1 N–H and O–H groups in total. The van der Waals surface area contributed by atoms with Crippen molar-refractivity contribution in [3.63, 3.8) is 0 Å². The molecule has 6 heteroatoms. The standard InChI is InChI=1S/C16H17Cl2NO3/c17-13-3-1-2-10(14(13)18)11-8-12(11)15(20)19-6-4-9(5-7-19)16(21)22/h1-3,9,11-12H,4-8H2,(H,21,22). The molecule has 118 valence electrons. The average molecular weight is 342 g/mol. The highest BCUT2D eigenvalue weighted by Gasteiger charge is 2.47. The molecule has 1 aromatic carbocycles. The van der Waals surface area contributed by atoms with Gasteiger partial charge in [0.25, 0.3) is 0 Å². The molecule has 0 bridgehead atoms. The van der Waals surface area contributed by atoms with Gasteiger partial charge in [0.1, 0.15) is 0 Å². The molecule has 2 atom stereocenters. The normalized spacial score (nSPS) is 25.1. The lowest BCUT2D eigenvalue weighted by Crippen LogP contribution is -2.41. The summed E-state index contributed by atoms with van der Waals surface area (Å²) in [6, 6.07) is 5.51. The van der Waals surface area contributed by atoms with E-state index in [0.717, 1.165) is 12.0 Å². The maximum Gasteiger partial charge on any atom is 0.306 e. The molecule has 0 aromatic heterocycles. The van der Waals surface area contributed by atoms with Crippen molar-refractivity contribution in [1.29, 1.82) is 0 Å². The molecule has 0 spiro atoms. The van der Waals surface area contributed by atoms with Gasteiger partial charge in [-0.15, -0.1) is 0 Å². The Morgan fingerprint density at radius 3 is 2.50 bits per heavy atom. The molecule has 22 heavy (non-hydrogen) atoms. The largest absolute Gasteiger partial charge is 0.481 e. The zero-order valence-electron chi connectivity index (χ0n) is 12.0. The first-order chi connectivity index (χ1) is 10.5. The summed E-state index contributed by atoms with van der Waals surface area (Å²) in [6.07, 6.45) is 1.87. The molecule has 4 nitrogen and oxygen atoms in total. The van der Waals surface area contributed by atoms with Crippen LogP contribution in [0.4, 0.5) is 0 Å². The van der Waals surface area contributed by atoms with Crippen LogP contribution in [0.5, 0.6) is 0 Å². The van der Waals surface area contributed by atoms with Crippen molar-refractivity contribution in [2.75, 3.05) is 13.1 Å². The number of rotatable bonds is 3. The summed E-state index contributed by atoms with van der Waals surface area (Å²) in [7, 11) is 0. The fourth-order valence-electron chi connectivity index (χ4n) is 3.20. The third kappa shape index (κ3) is 2.95. The van der Waals surface area contributed by atoms with Crippen LogP contribution in [-0.4, -0.2) is 35.0 Å². The molecule has 1 amide bonds. The minimum Gasteiger partial charge on any atom is -0.481 e. The second-order valence-corrected chi connectivity index (χ2v) is 6.81. The van der Waals surface area contributed by atoms with Gasteiger partial charge in [0.2, 0.25) is 5.91 Å². The van der Waals surface area contributed by atoms with Crippen LogP contribution in [0.15, 0.2) is 18.2 Å². The molecule has 2 aliphatic rings. The molecule has 3 rings (SSSR count). The number of hydrogen-bond acceptors (Lipinski definition) is 2. The van der Waals surface area contributed by atoms with Crippen LogP contribution in [0.1, 0.15) is 30.7 Å². The maximum atomic E-state index is 12.5. The lowest BCUT2D eigenvalue weighted by atomic mass is 9.96. The van der Waals surface area contributed by atoms with Crippen molar-refractivity contribution >= 4 is 35.1 Å². The minimum atomic E-state index is -0.762. The van der Waals surface area contributed by atoms with E-state index in [1.807, 2.05) is 12.1 Å². The van der Waals surface area contributed by atoms with Crippen LogP contribution < -0.4 is 0 Å². The van der Waals surface area contributed by atoms with Crippen LogP contribution in [0.2, 0.25) is 10.0 Å². The molecule has 0 radical (unpaired) electrons. The third-order valence-electron chi connectivity index (χ3n) is 4.64. The summed E-state index contributed by atoms with van der Waals surface area (Å²) >= 11 is 12.2. The van der Waals surface area contributed by atoms with Crippen LogP contribution in [0.3, 0.4) is 0 Å². The number of carbonyl (C=O) groups is 2. The van der Waals surface area contributed by atoms with Gasteiger partial charge in [-0.1, -0.05) is 35.3 Å². The molecule has 1 aliphatic carbocycles. The minimum absolute atomic E-state index is 0.0441. The van der Waals surface area contributed by atoms with E-state index in [1.165, 1.54) is 0 Å². The van der Waals surface area contributed by atoms with Crippen molar-refractivity contribution in [2.45, 2.75) is 25.2 Å². The molecule has 2 fully saturated rings. The van der Waals surface area contributed by atoms with Gasteiger partial charge in [0, 0.05) is 19.0 Å². The molecule has 2 unspecified atom stereocenters. The monoisotopic (exact) mass is 341 g/mol. The van der Waals surface area contributed by atoms with Gasteiger partial charge < -0.3 is 10.0 Å².